The molecule has 2 atom stereocenters. The van der Waals surface area contributed by atoms with Crippen molar-refractivity contribution in [2.24, 2.45) is 0 Å². The van der Waals surface area contributed by atoms with Gasteiger partial charge in [0.1, 0.15) is 23.4 Å². The molecule has 39 heavy (non-hydrogen) atoms. The molecule has 0 radical (unpaired) electrons. The number of anilines is 1. The van der Waals surface area contributed by atoms with E-state index in [-0.39, 0.29) is 17.4 Å². The number of aliphatic hydroxyl groups excluding tert-OH is 1. The fourth-order valence-corrected chi connectivity index (χ4v) is 6.32. The summed E-state index contributed by atoms with van der Waals surface area (Å²) in [5.74, 6) is -0.415. The Kier molecular flexibility index (Phi) is 6.53. The highest BCUT2D eigenvalue weighted by molar-refractivity contribution is 7.22. The highest BCUT2D eigenvalue weighted by Crippen LogP contribution is 2.45. The quantitative estimate of drug-likeness (QED) is 0.161. The second-order valence-corrected chi connectivity index (χ2v) is 11.1. The number of nitrogens with zero attached hydrogens (tertiary/aromatic N) is 2. The molecule has 4 aromatic rings. The van der Waals surface area contributed by atoms with Crippen LogP contribution in [0.4, 0.5) is 5.13 Å². The number of carbonyl (C=O) groups is 2. The maximum atomic E-state index is 13.6. The Morgan fingerprint density at radius 1 is 1.18 bits per heavy atom. The lowest BCUT2D eigenvalue weighted by Gasteiger charge is -2.23. The van der Waals surface area contributed by atoms with Gasteiger partial charge in [-0.25, -0.2) is 4.98 Å². The molecular formula is C30H25ClN2O5S. The third kappa shape index (κ3) is 4.53. The summed E-state index contributed by atoms with van der Waals surface area (Å²) < 4.78 is 12.4. The van der Waals surface area contributed by atoms with Crippen molar-refractivity contribution in [1.29, 1.82) is 0 Å². The Morgan fingerprint density at radius 3 is 2.85 bits per heavy atom. The summed E-state index contributed by atoms with van der Waals surface area (Å²) in [6.07, 6.45) is 1.55. The van der Waals surface area contributed by atoms with E-state index < -0.39 is 17.7 Å². The monoisotopic (exact) mass is 560 g/mol. The van der Waals surface area contributed by atoms with E-state index in [1.54, 1.807) is 36.4 Å². The van der Waals surface area contributed by atoms with Crippen molar-refractivity contribution in [1.82, 2.24) is 4.98 Å². The van der Waals surface area contributed by atoms with Gasteiger partial charge >= 0.3 is 5.91 Å². The number of Topliss-reactive ketones (excluding diaryl/α,β-unsaturated/α-hetero) is 1. The van der Waals surface area contributed by atoms with Crippen LogP contribution in [-0.2, 0) is 16.0 Å². The van der Waals surface area contributed by atoms with Gasteiger partial charge in [0.25, 0.3) is 5.78 Å². The minimum absolute atomic E-state index is 0.00292. The van der Waals surface area contributed by atoms with E-state index in [0.29, 0.717) is 45.6 Å². The summed E-state index contributed by atoms with van der Waals surface area (Å²) in [4.78, 5) is 33.2. The van der Waals surface area contributed by atoms with Crippen LogP contribution in [0.3, 0.4) is 0 Å². The predicted molar refractivity (Wildman–Crippen MR) is 152 cm³/mol. The maximum absolute atomic E-state index is 13.6. The van der Waals surface area contributed by atoms with Crippen molar-refractivity contribution in [3.05, 3.63) is 87.9 Å². The molecule has 0 spiro atoms. The number of aromatic nitrogens is 1. The van der Waals surface area contributed by atoms with Gasteiger partial charge in [0.05, 0.1) is 28.4 Å². The number of thiazole rings is 1. The van der Waals surface area contributed by atoms with Crippen LogP contribution in [-0.4, -0.2) is 34.5 Å². The van der Waals surface area contributed by atoms with Crippen LogP contribution in [0.25, 0.3) is 16.0 Å². The van der Waals surface area contributed by atoms with Gasteiger partial charge in [-0.1, -0.05) is 42.0 Å². The van der Waals surface area contributed by atoms with E-state index in [9.17, 15) is 14.7 Å². The van der Waals surface area contributed by atoms with Gasteiger partial charge in [-0.15, -0.1) is 0 Å². The van der Waals surface area contributed by atoms with E-state index in [4.69, 9.17) is 21.1 Å². The van der Waals surface area contributed by atoms with Crippen molar-refractivity contribution >= 4 is 55.7 Å². The highest BCUT2D eigenvalue weighted by Gasteiger charge is 2.48. The zero-order valence-electron chi connectivity index (χ0n) is 21.3. The number of ketones is 1. The number of aliphatic hydroxyl groups is 1. The molecule has 3 aromatic carbocycles. The lowest BCUT2D eigenvalue weighted by molar-refractivity contribution is -0.132. The van der Waals surface area contributed by atoms with E-state index in [0.717, 1.165) is 22.4 Å². The lowest BCUT2D eigenvalue weighted by atomic mass is 9.94. The van der Waals surface area contributed by atoms with Gasteiger partial charge in [0.2, 0.25) is 0 Å². The first-order chi connectivity index (χ1) is 18.8. The zero-order chi connectivity index (χ0) is 27.3. The Labute approximate surface area is 234 Å². The molecule has 1 saturated heterocycles. The number of halogens is 1. The van der Waals surface area contributed by atoms with E-state index in [2.05, 4.69) is 4.98 Å². The smallest absolute Gasteiger partial charge is 0.301 e. The molecule has 7 nitrogen and oxygen atoms in total. The number of rotatable bonds is 6. The van der Waals surface area contributed by atoms with E-state index in [1.165, 1.54) is 16.2 Å². The lowest BCUT2D eigenvalue weighted by Crippen LogP contribution is -2.29. The molecule has 1 N–H and O–H groups in total. The van der Waals surface area contributed by atoms with Crippen molar-refractivity contribution in [2.75, 3.05) is 11.5 Å². The number of amides is 1. The van der Waals surface area contributed by atoms with Crippen LogP contribution in [0.2, 0.25) is 5.02 Å². The van der Waals surface area contributed by atoms with Crippen LogP contribution in [0.5, 0.6) is 11.5 Å². The molecule has 198 valence electrons. The van der Waals surface area contributed by atoms with Gasteiger partial charge in [-0.05, 0) is 73.0 Å². The average Bonchev–Trinajstić information content (AvgIpc) is 3.59. The van der Waals surface area contributed by atoms with Crippen molar-refractivity contribution < 1.29 is 24.2 Å². The largest absolute Gasteiger partial charge is 0.507 e. The van der Waals surface area contributed by atoms with Crippen molar-refractivity contribution in [3.8, 4) is 11.5 Å². The SMILES string of the molecule is CCCOc1cccc([C@@H]2/C(=C(\O)c3ccc4c(c3)C[C@@H](C)O4)C(=O)C(=O)N2c2nc3ccc(Cl)cc3s2)c1. The fourth-order valence-electron chi connectivity index (χ4n) is 5.05. The number of benzene rings is 3. The van der Waals surface area contributed by atoms with Crippen LogP contribution in [0, 0.1) is 0 Å². The Hall–Kier alpha value is -3.88. The molecule has 1 fully saturated rings. The molecule has 9 heteroatoms. The van der Waals surface area contributed by atoms with Gasteiger partial charge in [-0.3, -0.25) is 14.5 Å². The Balaban J connectivity index is 1.52. The maximum Gasteiger partial charge on any atom is 0.301 e. The molecule has 2 aliphatic rings. The van der Waals surface area contributed by atoms with Gasteiger partial charge < -0.3 is 14.6 Å². The second kappa shape index (κ2) is 10.0. The molecule has 1 aromatic heterocycles. The first kappa shape index (κ1) is 25.4. The summed E-state index contributed by atoms with van der Waals surface area (Å²) in [7, 11) is 0. The third-order valence-corrected chi connectivity index (χ3v) is 8.06. The van der Waals surface area contributed by atoms with Crippen molar-refractivity contribution in [3.63, 3.8) is 0 Å². The molecule has 3 heterocycles. The number of fused-ring (bicyclic) bond motifs is 2. The van der Waals surface area contributed by atoms with Crippen LogP contribution in [0.15, 0.2) is 66.2 Å². The van der Waals surface area contributed by atoms with Crippen LogP contribution < -0.4 is 14.4 Å². The predicted octanol–water partition coefficient (Wildman–Crippen LogP) is 6.69. The number of hydrogen-bond acceptors (Lipinski definition) is 7. The van der Waals surface area contributed by atoms with Crippen LogP contribution >= 0.6 is 22.9 Å². The van der Waals surface area contributed by atoms with Gasteiger partial charge in [-0.2, -0.15) is 0 Å². The second-order valence-electron chi connectivity index (χ2n) is 9.65. The Bertz CT molecular complexity index is 1660. The van der Waals surface area contributed by atoms with Crippen molar-refractivity contribution in [2.45, 2.75) is 38.8 Å². The Morgan fingerprint density at radius 2 is 2.03 bits per heavy atom. The first-order valence-corrected chi connectivity index (χ1v) is 13.9. The summed E-state index contributed by atoms with van der Waals surface area (Å²) >= 11 is 7.45. The highest BCUT2D eigenvalue weighted by atomic mass is 35.5. The standard InChI is InChI=1S/C30H25ClN2O5S/c1-3-11-37-21-6-4-5-17(14-21)26-25(27(34)18-7-10-23-19(13-18)12-16(2)38-23)28(35)29(36)33(26)30-32-22-9-8-20(31)15-24(22)39-30/h4-10,13-16,26,34H,3,11-12H2,1-2H3/b27-25+/t16-,26-/m1/s1. The van der Waals surface area contributed by atoms with E-state index in [1.807, 2.05) is 38.1 Å². The molecule has 1 amide bonds. The van der Waals surface area contributed by atoms with Gasteiger partial charge in [0, 0.05) is 17.0 Å². The molecular weight excluding hydrogens is 536 g/mol. The topological polar surface area (TPSA) is 89.0 Å². The average molecular weight is 561 g/mol. The number of ether oxygens (including phenoxy) is 2. The van der Waals surface area contributed by atoms with Gasteiger partial charge in [0.15, 0.2) is 5.13 Å². The third-order valence-electron chi connectivity index (χ3n) is 6.81. The molecule has 0 aliphatic carbocycles. The summed E-state index contributed by atoms with van der Waals surface area (Å²) in [5, 5.41) is 12.5. The summed E-state index contributed by atoms with van der Waals surface area (Å²) in [5.41, 5.74) is 2.67. The molecule has 0 unspecified atom stereocenters. The molecule has 2 aliphatic heterocycles. The molecule has 0 bridgehead atoms. The normalized spacial score (nSPS) is 19.9. The molecule has 6 rings (SSSR count). The fraction of sp³-hybridized carbons (Fsp3) is 0.233. The minimum atomic E-state index is -0.908. The van der Waals surface area contributed by atoms with E-state index >= 15 is 0 Å². The first-order valence-electron chi connectivity index (χ1n) is 12.7. The minimum Gasteiger partial charge on any atom is -0.507 e. The summed E-state index contributed by atoms with van der Waals surface area (Å²) in [6, 6.07) is 16.9. The summed E-state index contributed by atoms with van der Waals surface area (Å²) in [6.45, 7) is 4.52. The van der Waals surface area contributed by atoms with Crippen LogP contribution in [0.1, 0.15) is 43.0 Å². The zero-order valence-corrected chi connectivity index (χ0v) is 22.9. The number of carbonyl (C=O) groups excluding carboxylic acids is 2. The molecule has 0 saturated carbocycles. The number of hydrogen-bond donors (Lipinski definition) is 1.